The summed E-state index contributed by atoms with van der Waals surface area (Å²) in [5.41, 5.74) is 10.4. The zero-order chi connectivity index (χ0) is 27.5. The second-order valence-corrected chi connectivity index (χ2v) is 10.1. The Kier molecular flexibility index (Phi) is 7.15. The first kappa shape index (κ1) is 25.6. The maximum atomic E-state index is 12.1. The molecule has 6 nitrogen and oxygen atoms in total. The molecule has 0 unspecified atom stereocenters. The summed E-state index contributed by atoms with van der Waals surface area (Å²) in [6, 6.07) is 7.48. The molecule has 8 bridgehead atoms. The lowest BCUT2D eigenvalue weighted by Crippen LogP contribution is -2.07. The van der Waals surface area contributed by atoms with Crippen LogP contribution in [-0.2, 0) is 4.74 Å². The van der Waals surface area contributed by atoms with Gasteiger partial charge in [0.1, 0.15) is 0 Å². The summed E-state index contributed by atoms with van der Waals surface area (Å²) in [6.07, 6.45) is 25.8. The number of benzene rings is 1. The lowest BCUT2D eigenvalue weighted by molar-refractivity contribution is 0.0600. The number of carbonyl (C=O) groups excluding carboxylic acids is 1. The van der Waals surface area contributed by atoms with E-state index in [0.717, 1.165) is 69.6 Å². The molecule has 40 heavy (non-hydrogen) atoms. The zero-order valence-electron chi connectivity index (χ0n) is 22.7. The average molecular weight is 527 g/mol. The zero-order valence-corrected chi connectivity index (χ0v) is 22.7. The van der Waals surface area contributed by atoms with E-state index in [1.165, 1.54) is 31.9 Å². The fourth-order valence-electron chi connectivity index (χ4n) is 5.16. The Morgan fingerprint density at radius 2 is 1.35 bits per heavy atom. The van der Waals surface area contributed by atoms with Crippen molar-refractivity contribution >= 4 is 34.4 Å². The Morgan fingerprint density at radius 3 is 2.02 bits per heavy atom. The highest BCUT2D eigenvalue weighted by molar-refractivity contribution is 6.35. The fraction of sp³-hybridized carbons (Fsp3) is 0.206. The van der Waals surface area contributed by atoms with Crippen LogP contribution in [-0.4, -0.2) is 35.9 Å². The van der Waals surface area contributed by atoms with Crippen molar-refractivity contribution in [1.29, 1.82) is 0 Å². The second-order valence-electron chi connectivity index (χ2n) is 10.1. The predicted molar refractivity (Wildman–Crippen MR) is 163 cm³/mol. The Labute approximate surface area is 234 Å². The summed E-state index contributed by atoms with van der Waals surface area (Å²) in [5.74, 6) is -0.363. The molecule has 0 aromatic heterocycles. The molecule has 0 N–H and O–H groups in total. The number of allylic oxidation sites excluding steroid dienone is 12. The number of methoxy groups -OCH3 is 1. The molecule has 0 saturated carbocycles. The summed E-state index contributed by atoms with van der Waals surface area (Å²) in [5, 5.41) is 0. The smallest absolute Gasteiger partial charge is 0.337 e. The molecule has 1 aromatic carbocycles. The highest BCUT2D eigenvalue weighted by Gasteiger charge is 2.25. The molecule has 5 aliphatic heterocycles. The van der Waals surface area contributed by atoms with Crippen molar-refractivity contribution < 1.29 is 9.53 Å². The van der Waals surface area contributed by atoms with Crippen LogP contribution in [0.4, 0.5) is 0 Å². The number of ether oxygens (including phenoxy) is 1. The molecule has 0 spiro atoms. The number of carbonyl (C=O) groups is 1. The first-order valence-corrected chi connectivity index (χ1v) is 13.8. The molecule has 1 aromatic rings. The number of rotatable bonds is 7. The minimum Gasteiger partial charge on any atom is -0.465 e. The number of esters is 1. The van der Waals surface area contributed by atoms with Crippen molar-refractivity contribution in [2.45, 2.75) is 39.0 Å². The number of aliphatic imine (C=N–C) groups is 4. The van der Waals surface area contributed by atoms with Crippen LogP contribution in [0.1, 0.15) is 54.9 Å². The van der Waals surface area contributed by atoms with E-state index in [1.54, 1.807) is 12.1 Å². The van der Waals surface area contributed by atoms with Crippen LogP contribution in [0.5, 0.6) is 0 Å². The average Bonchev–Trinajstić information content (AvgIpc) is 3.77. The van der Waals surface area contributed by atoms with Gasteiger partial charge >= 0.3 is 5.97 Å². The normalized spacial score (nSPS) is 18.6. The quantitative estimate of drug-likeness (QED) is 0.278. The van der Waals surface area contributed by atoms with Gasteiger partial charge in [0.25, 0.3) is 0 Å². The minimum absolute atomic E-state index is 0.363. The Balaban J connectivity index is 1.51. The number of nitrogens with zero attached hydrogens (tertiary/aromatic N) is 4. The van der Waals surface area contributed by atoms with Crippen LogP contribution in [0.15, 0.2) is 133 Å². The van der Waals surface area contributed by atoms with E-state index >= 15 is 0 Å². The van der Waals surface area contributed by atoms with Gasteiger partial charge in [-0.1, -0.05) is 38.3 Å². The lowest BCUT2D eigenvalue weighted by Gasteiger charge is -2.14. The number of unbranched alkanes of at least 4 members (excludes halogenated alkanes) is 3. The molecule has 0 saturated heterocycles. The van der Waals surface area contributed by atoms with Crippen LogP contribution < -0.4 is 0 Å². The van der Waals surface area contributed by atoms with Gasteiger partial charge in [-0.2, -0.15) is 0 Å². The van der Waals surface area contributed by atoms with Crippen LogP contribution in [0.2, 0.25) is 0 Å². The van der Waals surface area contributed by atoms with E-state index < -0.39 is 0 Å². The van der Waals surface area contributed by atoms with Gasteiger partial charge in [0, 0.05) is 5.57 Å². The molecule has 0 fully saturated rings. The predicted octanol–water partition coefficient (Wildman–Crippen LogP) is 7.23. The number of hydrogen-bond acceptors (Lipinski definition) is 6. The lowest BCUT2D eigenvalue weighted by atomic mass is 9.91. The first-order valence-electron chi connectivity index (χ1n) is 13.8. The number of fused-ring (bicyclic) bond motifs is 4. The third kappa shape index (κ3) is 5.38. The summed E-state index contributed by atoms with van der Waals surface area (Å²) in [4.78, 5) is 31.8. The van der Waals surface area contributed by atoms with Gasteiger partial charge in [0.2, 0.25) is 0 Å². The van der Waals surface area contributed by atoms with Gasteiger partial charge < -0.3 is 4.74 Å². The highest BCUT2D eigenvalue weighted by Crippen LogP contribution is 2.35. The molecule has 5 aliphatic rings. The van der Waals surface area contributed by atoms with Crippen molar-refractivity contribution in [2.24, 2.45) is 20.0 Å². The standard InChI is InChI=1S/C34H30N4O2/c1-3-4-5-6-7-24-18-30-21-28-15-14-26(36-28)19-25-12-13-27(35-25)20-29-16-17-31(37-29)32(33(24)38-30)22-8-10-23(11-9-22)34(39)40-2/h8-21H,3-7H2,1-2H3. The SMILES string of the molecule is CCCCCCC1=CC2=CC3=NC(=CC4=NC(=CC5=NC(=C(c6ccc(C(=O)OC)cc6)C1=N2)C=C5)C=C4)C=C3. The molecule has 0 amide bonds. The van der Waals surface area contributed by atoms with Crippen molar-refractivity contribution in [3.8, 4) is 0 Å². The first-order chi connectivity index (χ1) is 19.6. The third-order valence-electron chi connectivity index (χ3n) is 7.17. The van der Waals surface area contributed by atoms with Crippen LogP contribution in [0, 0.1) is 0 Å². The maximum Gasteiger partial charge on any atom is 0.337 e. The van der Waals surface area contributed by atoms with Gasteiger partial charge in [-0.25, -0.2) is 24.8 Å². The van der Waals surface area contributed by atoms with E-state index in [4.69, 9.17) is 24.7 Å². The molecule has 0 aliphatic carbocycles. The number of hydrogen-bond donors (Lipinski definition) is 0. The molecular weight excluding hydrogens is 496 g/mol. The third-order valence-corrected chi connectivity index (χ3v) is 7.17. The summed E-state index contributed by atoms with van der Waals surface area (Å²) < 4.78 is 4.92. The molecule has 0 atom stereocenters. The minimum atomic E-state index is -0.363. The van der Waals surface area contributed by atoms with Crippen molar-refractivity contribution in [3.05, 3.63) is 125 Å². The van der Waals surface area contributed by atoms with E-state index in [2.05, 4.69) is 13.0 Å². The van der Waals surface area contributed by atoms with Gasteiger partial charge in [-0.3, -0.25) is 0 Å². The van der Waals surface area contributed by atoms with Crippen molar-refractivity contribution in [2.75, 3.05) is 7.11 Å². The molecule has 6 heteroatoms. The van der Waals surface area contributed by atoms with E-state index in [-0.39, 0.29) is 5.97 Å². The van der Waals surface area contributed by atoms with Crippen molar-refractivity contribution in [3.63, 3.8) is 0 Å². The summed E-state index contributed by atoms with van der Waals surface area (Å²) >= 11 is 0. The maximum absolute atomic E-state index is 12.1. The Hall–Kier alpha value is -4.71. The molecular formula is C34H30N4O2. The van der Waals surface area contributed by atoms with E-state index in [1.807, 2.05) is 66.8 Å². The summed E-state index contributed by atoms with van der Waals surface area (Å²) in [6.45, 7) is 2.23. The van der Waals surface area contributed by atoms with Crippen LogP contribution >= 0.6 is 0 Å². The largest absolute Gasteiger partial charge is 0.465 e. The second kappa shape index (κ2) is 11.2. The molecule has 6 rings (SSSR count). The van der Waals surface area contributed by atoms with Gasteiger partial charge in [-0.15, -0.1) is 0 Å². The van der Waals surface area contributed by atoms with Gasteiger partial charge in [-0.05, 0) is 96.9 Å². The van der Waals surface area contributed by atoms with E-state index in [0.29, 0.717) is 5.56 Å². The van der Waals surface area contributed by atoms with Crippen LogP contribution in [0.25, 0.3) is 5.57 Å². The fourth-order valence-corrected chi connectivity index (χ4v) is 5.16. The topological polar surface area (TPSA) is 75.7 Å². The Bertz CT molecular complexity index is 1640. The Morgan fingerprint density at radius 1 is 0.700 bits per heavy atom. The van der Waals surface area contributed by atoms with Crippen molar-refractivity contribution in [1.82, 2.24) is 0 Å². The highest BCUT2D eigenvalue weighted by atomic mass is 16.5. The monoisotopic (exact) mass is 526 g/mol. The molecule has 0 radical (unpaired) electrons. The van der Waals surface area contributed by atoms with E-state index in [9.17, 15) is 4.79 Å². The summed E-state index contributed by atoms with van der Waals surface area (Å²) in [7, 11) is 1.39. The van der Waals surface area contributed by atoms with Gasteiger partial charge in [0.05, 0.1) is 58.3 Å². The van der Waals surface area contributed by atoms with Gasteiger partial charge in [0.15, 0.2) is 0 Å². The van der Waals surface area contributed by atoms with Crippen LogP contribution in [0.3, 0.4) is 0 Å². The molecule has 198 valence electrons. The molecule has 5 heterocycles.